The van der Waals surface area contributed by atoms with Gasteiger partial charge in [0.25, 0.3) is 5.56 Å². The molecule has 6 heteroatoms. The number of hydrogen-bond donors (Lipinski definition) is 0. The molecule has 0 aliphatic carbocycles. The van der Waals surface area contributed by atoms with Gasteiger partial charge >= 0.3 is 0 Å². The molecule has 1 aliphatic heterocycles. The number of ether oxygens (including phenoxy) is 1. The second-order valence-corrected chi connectivity index (χ2v) is 7.69. The maximum atomic E-state index is 12.3. The minimum Gasteiger partial charge on any atom is -0.373 e. The Morgan fingerprint density at radius 1 is 1.23 bits per heavy atom. The van der Waals surface area contributed by atoms with E-state index in [-0.39, 0.29) is 5.56 Å². The summed E-state index contributed by atoms with van der Waals surface area (Å²) in [6.07, 6.45) is 2.35. The molecule has 0 saturated carbocycles. The fraction of sp³-hybridized carbons (Fsp3) is 0.400. The summed E-state index contributed by atoms with van der Waals surface area (Å²) in [6.45, 7) is 5.30. The molecule has 0 bridgehead atoms. The van der Waals surface area contributed by atoms with Gasteiger partial charge in [0.1, 0.15) is 0 Å². The van der Waals surface area contributed by atoms with Crippen molar-refractivity contribution in [2.24, 2.45) is 0 Å². The number of fused-ring (bicyclic) bond motifs is 1. The Morgan fingerprint density at radius 3 is 2.77 bits per heavy atom. The zero-order valence-electron chi connectivity index (χ0n) is 14.9. The summed E-state index contributed by atoms with van der Waals surface area (Å²) in [7, 11) is 0. The first-order chi connectivity index (χ1) is 12.7. The number of thiazole rings is 1. The van der Waals surface area contributed by atoms with Gasteiger partial charge in [0.05, 0.1) is 18.4 Å². The third kappa shape index (κ3) is 3.87. The van der Waals surface area contributed by atoms with Crippen molar-refractivity contribution in [1.82, 2.24) is 14.3 Å². The van der Waals surface area contributed by atoms with Crippen LogP contribution in [0.5, 0.6) is 0 Å². The summed E-state index contributed by atoms with van der Waals surface area (Å²) >= 11 is 1.52. The molecule has 0 N–H and O–H groups in total. The van der Waals surface area contributed by atoms with Crippen LogP contribution in [0.15, 0.2) is 46.6 Å². The fourth-order valence-corrected chi connectivity index (χ4v) is 4.32. The first-order valence-corrected chi connectivity index (χ1v) is 9.92. The van der Waals surface area contributed by atoms with E-state index in [9.17, 15) is 4.79 Å². The largest absolute Gasteiger partial charge is 0.373 e. The van der Waals surface area contributed by atoms with Crippen molar-refractivity contribution in [2.45, 2.75) is 39.0 Å². The second-order valence-electron chi connectivity index (χ2n) is 6.85. The lowest BCUT2D eigenvalue weighted by molar-refractivity contribution is -0.00414. The molecule has 0 radical (unpaired) electrons. The molecule has 1 aromatic carbocycles. The summed E-state index contributed by atoms with van der Waals surface area (Å²) in [6, 6.07) is 12.0. The number of aryl methyl sites for hydroxylation is 1. The maximum absolute atomic E-state index is 12.3. The Hall–Kier alpha value is -2.02. The molecule has 0 atom stereocenters. The molecule has 3 heterocycles. The highest BCUT2D eigenvalue weighted by Crippen LogP contribution is 2.18. The van der Waals surface area contributed by atoms with E-state index in [1.807, 2.05) is 30.5 Å². The Balaban J connectivity index is 1.32. The van der Waals surface area contributed by atoms with Crippen LogP contribution in [0, 0.1) is 6.92 Å². The lowest BCUT2D eigenvalue weighted by atomic mass is 10.1. The zero-order chi connectivity index (χ0) is 17.9. The first kappa shape index (κ1) is 17.4. The minimum absolute atomic E-state index is 0.0184. The number of benzene rings is 1. The molecule has 1 saturated heterocycles. The van der Waals surface area contributed by atoms with E-state index < -0.39 is 0 Å². The molecular weight excluding hydrogens is 346 g/mol. The van der Waals surface area contributed by atoms with Gasteiger partial charge in [-0.15, -0.1) is 11.3 Å². The molecule has 3 aromatic rings. The van der Waals surface area contributed by atoms with Crippen molar-refractivity contribution in [3.8, 4) is 0 Å². The summed E-state index contributed by atoms with van der Waals surface area (Å²) in [5.74, 6) is 0. The van der Waals surface area contributed by atoms with Crippen LogP contribution in [0.25, 0.3) is 4.96 Å². The molecule has 1 aliphatic rings. The smallest absolute Gasteiger partial charge is 0.259 e. The van der Waals surface area contributed by atoms with Gasteiger partial charge in [-0.05, 0) is 25.3 Å². The van der Waals surface area contributed by atoms with Crippen LogP contribution in [0.2, 0.25) is 0 Å². The molecule has 5 nitrogen and oxygen atoms in total. The average Bonchev–Trinajstić information content (AvgIpc) is 3.03. The number of hydrogen-bond acceptors (Lipinski definition) is 5. The van der Waals surface area contributed by atoms with Crippen LogP contribution in [0.3, 0.4) is 0 Å². The summed E-state index contributed by atoms with van der Waals surface area (Å²) in [4.78, 5) is 20.1. The minimum atomic E-state index is 0.0184. The molecule has 0 unspecified atom stereocenters. The van der Waals surface area contributed by atoms with E-state index in [4.69, 9.17) is 4.74 Å². The predicted molar refractivity (Wildman–Crippen MR) is 104 cm³/mol. The van der Waals surface area contributed by atoms with E-state index >= 15 is 0 Å². The number of rotatable bonds is 5. The van der Waals surface area contributed by atoms with Crippen molar-refractivity contribution in [3.63, 3.8) is 0 Å². The van der Waals surface area contributed by atoms with E-state index in [1.54, 1.807) is 10.5 Å². The van der Waals surface area contributed by atoms with Crippen LogP contribution in [-0.2, 0) is 17.9 Å². The maximum Gasteiger partial charge on any atom is 0.259 e. The summed E-state index contributed by atoms with van der Waals surface area (Å²) in [5.41, 5.74) is 3.05. The number of nitrogens with zero attached hydrogens (tertiary/aromatic N) is 3. The van der Waals surface area contributed by atoms with E-state index in [0.29, 0.717) is 12.7 Å². The molecule has 136 valence electrons. The van der Waals surface area contributed by atoms with E-state index in [0.717, 1.165) is 48.8 Å². The number of aromatic nitrogens is 2. The van der Waals surface area contributed by atoms with Crippen molar-refractivity contribution in [2.75, 3.05) is 13.1 Å². The first-order valence-electron chi connectivity index (χ1n) is 9.04. The van der Waals surface area contributed by atoms with Gasteiger partial charge in [-0.2, -0.15) is 0 Å². The van der Waals surface area contributed by atoms with Gasteiger partial charge in [-0.25, -0.2) is 4.98 Å². The Bertz CT molecular complexity index is 927. The van der Waals surface area contributed by atoms with Crippen LogP contribution >= 0.6 is 11.3 Å². The van der Waals surface area contributed by atoms with Crippen LogP contribution < -0.4 is 5.56 Å². The molecule has 2 aromatic heterocycles. The van der Waals surface area contributed by atoms with Crippen molar-refractivity contribution < 1.29 is 4.74 Å². The highest BCUT2D eigenvalue weighted by molar-refractivity contribution is 7.15. The number of piperidine rings is 1. The standard InChI is InChI=1S/C20H23N3O2S/c1-15-14-26-20-21-17(11-19(24)23(15)20)12-22-9-7-18(8-10-22)25-13-16-5-3-2-4-6-16/h2-6,11,14,18H,7-10,12-13H2,1H3. The molecule has 1 fully saturated rings. The monoisotopic (exact) mass is 369 g/mol. The Labute approximate surface area is 156 Å². The topological polar surface area (TPSA) is 46.8 Å². The molecule has 0 spiro atoms. The van der Waals surface area contributed by atoms with Gasteiger partial charge in [0.15, 0.2) is 4.96 Å². The number of likely N-dealkylation sites (tertiary alicyclic amines) is 1. The van der Waals surface area contributed by atoms with Gasteiger partial charge in [-0.1, -0.05) is 30.3 Å². The molecule has 0 amide bonds. The highest BCUT2D eigenvalue weighted by atomic mass is 32.1. The normalized spacial score (nSPS) is 16.3. The van der Waals surface area contributed by atoms with Crippen LogP contribution in [0.4, 0.5) is 0 Å². The van der Waals surface area contributed by atoms with Gasteiger partial charge < -0.3 is 4.74 Å². The predicted octanol–water partition coefficient (Wildman–Crippen LogP) is 3.25. The SMILES string of the molecule is Cc1csc2nc(CN3CCC(OCc4ccccc4)CC3)cc(=O)n12. The summed E-state index contributed by atoms with van der Waals surface area (Å²) < 4.78 is 7.73. The van der Waals surface area contributed by atoms with Gasteiger partial charge in [-0.3, -0.25) is 14.1 Å². The van der Waals surface area contributed by atoms with Crippen molar-refractivity contribution in [3.05, 3.63) is 69.1 Å². The summed E-state index contributed by atoms with van der Waals surface area (Å²) in [5, 5.41) is 1.98. The quantitative estimate of drug-likeness (QED) is 0.693. The highest BCUT2D eigenvalue weighted by Gasteiger charge is 2.20. The average molecular weight is 369 g/mol. The zero-order valence-corrected chi connectivity index (χ0v) is 15.7. The van der Waals surface area contributed by atoms with E-state index in [1.165, 1.54) is 16.9 Å². The third-order valence-corrected chi connectivity index (χ3v) is 5.82. The molecule has 4 rings (SSSR count). The second kappa shape index (κ2) is 7.70. The van der Waals surface area contributed by atoms with E-state index in [2.05, 4.69) is 22.0 Å². The van der Waals surface area contributed by atoms with Gasteiger partial charge in [0.2, 0.25) is 0 Å². The van der Waals surface area contributed by atoms with Crippen LogP contribution in [0.1, 0.15) is 29.8 Å². The lowest BCUT2D eigenvalue weighted by Crippen LogP contribution is -2.37. The fourth-order valence-electron chi connectivity index (χ4n) is 3.43. The van der Waals surface area contributed by atoms with Gasteiger partial charge in [0, 0.05) is 36.8 Å². The Kier molecular flexibility index (Phi) is 5.15. The van der Waals surface area contributed by atoms with Crippen molar-refractivity contribution >= 4 is 16.3 Å². The third-order valence-electron chi connectivity index (χ3n) is 4.88. The van der Waals surface area contributed by atoms with Crippen LogP contribution in [-0.4, -0.2) is 33.5 Å². The lowest BCUT2D eigenvalue weighted by Gasteiger charge is -2.31. The Morgan fingerprint density at radius 2 is 2.00 bits per heavy atom. The van der Waals surface area contributed by atoms with Crippen molar-refractivity contribution in [1.29, 1.82) is 0 Å². The molecule has 26 heavy (non-hydrogen) atoms. The molecular formula is C20H23N3O2S.